The standard InChI is InChI=1S/C13H24N2O4S.C8H14N2O4S.C8H12N2O3S.C7H15NO2.C6H11NO3S/c1-9(16)14-10(8-20-6)12(18)15(5)7-11(17)19-13(2,3)4;1-5(11)9-6(4-15)8(14)10(2)3-7(12)13;1-5(11)9-6-4-14-7(12)3-10(2)8(6)13;1-7(2,3)10-6(9)5-8-4;1-4(8)7-5(3-11-2)6(9)10/h10H,7-8H2,1-6H3,(H,14,16);6,15H,3-4H2,1-2H3,(H,9,11)(H,12,13);6H,3-4H2,1-2H3,(H,9,11);8H,5H2,1-4H3;5H,3H2,1-2H3,(H,7,8)(H,9,10)/t10-;2*6-;;5-/m000.0/s1. The zero-order chi connectivity index (χ0) is 55.7. The summed E-state index contributed by atoms with van der Waals surface area (Å²) in [5.74, 6) is -3.67. The maximum Gasteiger partial charge on any atom is 0.327 e. The number of amides is 7. The molecule has 0 aromatic heterocycles. The van der Waals surface area contributed by atoms with Crippen molar-refractivity contribution in [3.63, 3.8) is 0 Å². The molecule has 28 heteroatoms. The van der Waals surface area contributed by atoms with Gasteiger partial charge in [-0.25, -0.2) is 4.79 Å². The van der Waals surface area contributed by atoms with Crippen LogP contribution in [0.1, 0.15) is 69.2 Å². The number of rotatable bonds is 18. The molecule has 24 nitrogen and oxygen atoms in total. The number of thioether (sulfide) groups is 3. The molecule has 1 aliphatic heterocycles. The minimum Gasteiger partial charge on any atom is -0.480 e. The number of hydrogen-bond donors (Lipinski definition) is 8. The first-order valence-corrected chi connectivity index (χ1v) is 25.5. The molecule has 0 aromatic rings. The number of likely N-dealkylation sites (N-methyl/N-ethyl adjacent to an activating group) is 4. The van der Waals surface area contributed by atoms with Crippen molar-refractivity contribution < 1.29 is 77.2 Å². The van der Waals surface area contributed by atoms with Crippen LogP contribution in [0, 0.1) is 0 Å². The maximum absolute atomic E-state index is 12.2. The lowest BCUT2D eigenvalue weighted by Crippen LogP contribution is -2.49. The van der Waals surface area contributed by atoms with Crippen LogP contribution in [-0.2, 0) is 67.0 Å². The van der Waals surface area contributed by atoms with E-state index < -0.39 is 60.1 Å². The van der Waals surface area contributed by atoms with Gasteiger partial charge in [-0.05, 0) is 61.1 Å². The van der Waals surface area contributed by atoms with E-state index in [1.54, 1.807) is 41.1 Å². The van der Waals surface area contributed by atoms with Crippen LogP contribution in [0.3, 0.4) is 0 Å². The van der Waals surface area contributed by atoms with Gasteiger partial charge in [-0.1, -0.05) is 11.8 Å². The van der Waals surface area contributed by atoms with Crippen LogP contribution in [0.25, 0.3) is 0 Å². The van der Waals surface area contributed by atoms with E-state index in [2.05, 4.69) is 39.2 Å². The molecular weight excluding hydrogens is 1000 g/mol. The Balaban J connectivity index is -0.000000397. The van der Waals surface area contributed by atoms with E-state index in [0.29, 0.717) is 17.3 Å². The number of carboxylic acids is 2. The fraction of sp³-hybridized carbons (Fsp3) is 0.714. The van der Waals surface area contributed by atoms with E-state index >= 15 is 0 Å². The highest BCUT2D eigenvalue weighted by atomic mass is 32.2. The summed E-state index contributed by atoms with van der Waals surface area (Å²) in [6, 6.07) is -2.75. The molecule has 1 saturated heterocycles. The Bertz CT molecular complexity index is 1750. The molecule has 0 unspecified atom stereocenters. The Kier molecular flexibility index (Phi) is 38.9. The van der Waals surface area contributed by atoms with E-state index in [1.807, 2.05) is 27.0 Å². The van der Waals surface area contributed by atoms with Gasteiger partial charge >= 0.3 is 23.9 Å². The van der Waals surface area contributed by atoms with Crippen molar-refractivity contribution in [3.05, 3.63) is 0 Å². The molecule has 4 atom stereocenters. The van der Waals surface area contributed by atoms with Crippen molar-refractivity contribution in [2.24, 2.45) is 0 Å². The van der Waals surface area contributed by atoms with Crippen molar-refractivity contribution in [2.75, 3.05) is 89.9 Å². The number of thiol groups is 1. The highest BCUT2D eigenvalue weighted by Gasteiger charge is 2.29. The summed E-state index contributed by atoms with van der Waals surface area (Å²) in [7, 11) is 6.14. The molecule has 1 rings (SSSR count). The van der Waals surface area contributed by atoms with E-state index in [4.69, 9.17) is 19.7 Å². The molecule has 0 aromatic carbocycles. The molecule has 0 aliphatic carbocycles. The highest BCUT2D eigenvalue weighted by Crippen LogP contribution is 2.13. The fourth-order valence-electron chi connectivity index (χ4n) is 4.76. The average Bonchev–Trinajstić information content (AvgIpc) is 3.30. The summed E-state index contributed by atoms with van der Waals surface area (Å²) in [5, 5.41) is 29.5. The van der Waals surface area contributed by atoms with Crippen molar-refractivity contribution in [1.29, 1.82) is 0 Å². The Morgan fingerprint density at radius 3 is 1.53 bits per heavy atom. The molecule has 7 N–H and O–H groups in total. The molecule has 0 spiro atoms. The number of ether oxygens (including phenoxy) is 2. The van der Waals surface area contributed by atoms with Crippen LogP contribution >= 0.6 is 47.9 Å². The minimum absolute atomic E-state index is 0.0475. The van der Waals surface area contributed by atoms with Crippen molar-refractivity contribution in [1.82, 2.24) is 41.3 Å². The molecule has 1 fully saturated rings. The molecule has 1 aliphatic rings. The number of esters is 2. The largest absolute Gasteiger partial charge is 0.480 e. The zero-order valence-electron chi connectivity index (χ0n) is 43.1. The van der Waals surface area contributed by atoms with Gasteiger partial charge in [0, 0.05) is 71.8 Å². The summed E-state index contributed by atoms with van der Waals surface area (Å²) < 4.78 is 10.1. The van der Waals surface area contributed by atoms with Crippen molar-refractivity contribution in [2.45, 2.75) is 105 Å². The molecule has 70 heavy (non-hydrogen) atoms. The first kappa shape index (κ1) is 71.7. The van der Waals surface area contributed by atoms with Crippen molar-refractivity contribution in [3.8, 4) is 0 Å². The number of carbonyl (C=O) groups is 12. The van der Waals surface area contributed by atoms with Crippen LogP contribution in [-0.4, -0.2) is 221 Å². The number of carbonyl (C=O) groups excluding carboxylic acids is 10. The third-order valence-corrected chi connectivity index (χ3v) is 10.0. The highest BCUT2D eigenvalue weighted by molar-refractivity contribution is 8.13. The van der Waals surface area contributed by atoms with Crippen LogP contribution in [0.4, 0.5) is 0 Å². The smallest absolute Gasteiger partial charge is 0.327 e. The van der Waals surface area contributed by atoms with Gasteiger partial charge in [-0.15, -0.1) is 0 Å². The predicted molar refractivity (Wildman–Crippen MR) is 272 cm³/mol. The van der Waals surface area contributed by atoms with Crippen LogP contribution < -0.4 is 26.6 Å². The summed E-state index contributed by atoms with van der Waals surface area (Å²) in [4.78, 5) is 136. The van der Waals surface area contributed by atoms with Gasteiger partial charge in [0.1, 0.15) is 48.5 Å². The number of nitrogens with zero attached hydrogens (tertiary/aromatic N) is 3. The van der Waals surface area contributed by atoms with Gasteiger partial charge in [0.05, 0.1) is 13.1 Å². The lowest BCUT2D eigenvalue weighted by molar-refractivity contribution is -0.158. The van der Waals surface area contributed by atoms with Gasteiger partial charge in [-0.3, -0.25) is 52.7 Å². The SMILES string of the molecule is CC(=O)N[C@@H](CS)C(=O)N(C)CC(=O)O.CC(=O)N[C@H]1CSC(=O)CN(C)C1=O.CNCC(=O)OC(C)(C)C.CSC[C@H](NC(C)=O)C(=O)N(C)CC(=O)OC(C)(C)C.CSC[C@H](NC(C)=O)C(=O)O. The van der Waals surface area contributed by atoms with Crippen LogP contribution in [0.15, 0.2) is 0 Å². The van der Waals surface area contributed by atoms with Gasteiger partial charge in [-0.2, -0.15) is 36.2 Å². The lowest BCUT2D eigenvalue weighted by atomic mass is 10.2. The Hall–Kier alpha value is -4.80. The second kappa shape index (κ2) is 38.0. The van der Waals surface area contributed by atoms with Gasteiger partial charge in [0.15, 0.2) is 0 Å². The first-order valence-electron chi connectivity index (χ1n) is 21.1. The average molecular weight is 1080 g/mol. The third-order valence-electron chi connectivity index (χ3n) is 7.36. The molecule has 0 radical (unpaired) electrons. The topological polar surface area (TPSA) is 334 Å². The zero-order valence-corrected chi connectivity index (χ0v) is 46.4. The van der Waals surface area contributed by atoms with Gasteiger partial charge in [0.2, 0.25) is 46.5 Å². The van der Waals surface area contributed by atoms with Gasteiger partial charge < -0.3 is 61.0 Å². The summed E-state index contributed by atoms with van der Waals surface area (Å²) in [5.41, 5.74) is -0.953. The molecular formula is C42H76N8O16S4. The van der Waals surface area contributed by atoms with Gasteiger partial charge in [0.25, 0.3) is 0 Å². The molecule has 404 valence electrons. The Morgan fingerprint density at radius 2 is 1.14 bits per heavy atom. The second-order valence-electron chi connectivity index (χ2n) is 16.8. The number of hydrogen-bond acceptors (Lipinski definition) is 19. The molecule has 7 amide bonds. The summed E-state index contributed by atoms with van der Waals surface area (Å²) in [6.45, 7) is 16.0. The molecule has 0 saturated carbocycles. The number of carboxylic acid groups (broad SMARTS) is 2. The third kappa shape index (κ3) is 41.0. The molecule has 0 bridgehead atoms. The molecule has 1 heterocycles. The van der Waals surface area contributed by atoms with Crippen molar-refractivity contribution >= 4 is 118 Å². The minimum atomic E-state index is -1.11. The summed E-state index contributed by atoms with van der Waals surface area (Å²) >= 11 is 7.82. The first-order chi connectivity index (χ1) is 32.0. The predicted octanol–water partition coefficient (Wildman–Crippen LogP) is -0.673. The second-order valence-corrected chi connectivity index (χ2v) is 20.1. The Morgan fingerprint density at radius 1 is 0.729 bits per heavy atom. The monoisotopic (exact) mass is 1080 g/mol. The lowest BCUT2D eigenvalue weighted by Gasteiger charge is -2.25. The van der Waals surface area contributed by atoms with E-state index in [9.17, 15) is 57.5 Å². The Labute approximate surface area is 429 Å². The fourth-order valence-corrected chi connectivity index (χ4v) is 6.99. The maximum atomic E-state index is 12.2. The van der Waals surface area contributed by atoms with E-state index in [1.165, 1.54) is 75.1 Å². The van der Waals surface area contributed by atoms with Crippen LogP contribution in [0.2, 0.25) is 0 Å². The summed E-state index contributed by atoms with van der Waals surface area (Å²) in [6.07, 6.45) is 3.63. The van der Waals surface area contributed by atoms with Crippen LogP contribution in [0.5, 0.6) is 0 Å². The van der Waals surface area contributed by atoms with E-state index in [0.717, 1.165) is 16.7 Å². The normalized spacial score (nSPS) is 14.2. The number of aliphatic carboxylic acids is 2. The van der Waals surface area contributed by atoms with E-state index in [-0.39, 0.29) is 77.5 Å². The quantitative estimate of drug-likeness (QED) is 0.0623. The number of nitrogens with one attached hydrogen (secondary N) is 5.